The zero-order valence-corrected chi connectivity index (χ0v) is 34.7. The van der Waals surface area contributed by atoms with Crippen molar-refractivity contribution in [3.8, 4) is 17.4 Å². The Balaban J connectivity index is 1.22. The Morgan fingerprint density at radius 1 is 1.11 bits per heavy atom. The third-order valence-electron chi connectivity index (χ3n) is 10.7. The number of hydrogen-bond donors (Lipinski definition) is 3. The third kappa shape index (κ3) is 8.40. The lowest BCUT2D eigenvalue weighted by Crippen LogP contribution is -2.58. The zero-order valence-electron chi connectivity index (χ0n) is 31.5. The lowest BCUT2D eigenvalue weighted by molar-refractivity contribution is -0.141. The molecule has 0 bridgehead atoms. The number of thiophene rings is 1. The van der Waals surface area contributed by atoms with E-state index in [0.29, 0.717) is 76.3 Å². The number of carbonyl (C=O) groups excluding carboxylic acids is 4. The third-order valence-corrected chi connectivity index (χ3v) is 14.3. The molecule has 5 atom stereocenters. The van der Waals surface area contributed by atoms with Gasteiger partial charge in [-0.05, 0) is 92.6 Å². The van der Waals surface area contributed by atoms with Crippen molar-refractivity contribution >= 4 is 71.8 Å². The average molecular weight is 873 g/mol. The van der Waals surface area contributed by atoms with Crippen LogP contribution in [0.15, 0.2) is 47.0 Å². The summed E-state index contributed by atoms with van der Waals surface area (Å²) in [5, 5.41) is 5.86. The van der Waals surface area contributed by atoms with Crippen LogP contribution in [0.25, 0.3) is 10.9 Å². The van der Waals surface area contributed by atoms with Gasteiger partial charge in [-0.2, -0.15) is 0 Å². The van der Waals surface area contributed by atoms with Gasteiger partial charge in [0.05, 0.1) is 40.4 Å². The normalized spacial score (nSPS) is 25.6. The maximum absolute atomic E-state index is 14.7. The molecule has 2 aliphatic heterocycles. The van der Waals surface area contributed by atoms with Crippen LogP contribution in [0.3, 0.4) is 0 Å². The van der Waals surface area contributed by atoms with Crippen LogP contribution in [0, 0.1) is 12.8 Å². The van der Waals surface area contributed by atoms with E-state index >= 15 is 0 Å². The molecule has 300 valence electrons. The van der Waals surface area contributed by atoms with Crippen LogP contribution in [-0.4, -0.2) is 91.2 Å². The minimum Gasteiger partial charge on any atom is -0.495 e. The summed E-state index contributed by atoms with van der Waals surface area (Å²) in [5.41, 5.74) is -0.979. The molecule has 2 aromatic heterocycles. The van der Waals surface area contributed by atoms with Crippen LogP contribution in [0.1, 0.15) is 79.3 Å². The molecule has 1 saturated heterocycles. The predicted octanol–water partition coefficient (Wildman–Crippen LogP) is 4.93. The Kier molecular flexibility index (Phi) is 11.7. The molecule has 0 spiro atoms. The van der Waals surface area contributed by atoms with Gasteiger partial charge in [-0.3, -0.25) is 23.9 Å². The molecule has 7 rings (SSSR count). The number of nitrogens with zero attached hydrogens (tertiary/aromatic N) is 2. The lowest BCUT2D eigenvalue weighted by Gasteiger charge is -2.29. The highest BCUT2D eigenvalue weighted by Gasteiger charge is 2.62. The van der Waals surface area contributed by atoms with Crippen LogP contribution in [0.5, 0.6) is 17.4 Å². The standard InChI is InChI=1S/C39H46BrN5O9S2/c1-4-53-32-19-30(26-15-16-29(52-3)33(40)34(26)42-32)54-24-18-28-35(46)43-39(38(49)44-56(50,51)25-13-14-25)20-23(39)10-8-6-5-7-9-11-27(37(48)45(28)21-24)41-36(47)31-17-12-22(2)55-31/h8,10,12,15-17,19,23-25,27-28H,4-7,9,11,13-14,18,20-21H2,1-3H3,(H,41,47)(H,43,46)(H,44,49)/t23-,24-,27+,28+,39-/m1/s1. The van der Waals surface area contributed by atoms with Crippen molar-refractivity contribution < 1.29 is 41.8 Å². The molecular formula is C39H46BrN5O9S2. The fourth-order valence-corrected chi connectivity index (χ4v) is 10.2. The van der Waals surface area contributed by atoms with Crippen LogP contribution in [-0.2, 0) is 24.4 Å². The van der Waals surface area contributed by atoms with E-state index in [9.17, 15) is 27.6 Å². The van der Waals surface area contributed by atoms with E-state index < -0.39 is 62.6 Å². The smallest absolute Gasteiger partial charge is 0.262 e. The number of carbonyl (C=O) groups is 4. The number of halogens is 1. The van der Waals surface area contributed by atoms with Crippen molar-refractivity contribution in [3.63, 3.8) is 0 Å². The highest BCUT2D eigenvalue weighted by Crippen LogP contribution is 2.46. The first-order valence-corrected chi connectivity index (χ1v) is 22.2. The van der Waals surface area contributed by atoms with Gasteiger partial charge in [-0.15, -0.1) is 11.3 Å². The first-order chi connectivity index (χ1) is 26.8. The van der Waals surface area contributed by atoms with Crippen LogP contribution >= 0.6 is 27.3 Å². The van der Waals surface area contributed by atoms with Crippen LogP contribution < -0.4 is 29.6 Å². The lowest BCUT2D eigenvalue weighted by atomic mass is 10.0. The van der Waals surface area contributed by atoms with Gasteiger partial charge in [0.2, 0.25) is 27.7 Å². The van der Waals surface area contributed by atoms with Gasteiger partial charge in [0.1, 0.15) is 35.2 Å². The number of allylic oxidation sites excluding steroid dienone is 1. The molecule has 3 aromatic rings. The topological polar surface area (TPSA) is 182 Å². The second-order valence-electron chi connectivity index (χ2n) is 14.8. The van der Waals surface area contributed by atoms with Crippen molar-refractivity contribution in [3.05, 3.63) is 56.7 Å². The van der Waals surface area contributed by atoms with Crippen molar-refractivity contribution in [2.45, 2.75) is 101 Å². The number of benzene rings is 1. The number of rotatable bonds is 10. The Hall–Kier alpha value is -4.22. The number of amides is 4. The van der Waals surface area contributed by atoms with E-state index in [4.69, 9.17) is 14.2 Å². The Labute approximate surface area is 338 Å². The average Bonchev–Trinajstić information content (AvgIpc) is 4.05. The largest absolute Gasteiger partial charge is 0.495 e. The van der Waals surface area contributed by atoms with Crippen molar-refractivity contribution in [1.29, 1.82) is 0 Å². The number of sulfonamides is 1. The van der Waals surface area contributed by atoms with Gasteiger partial charge in [-0.1, -0.05) is 25.0 Å². The van der Waals surface area contributed by atoms with Gasteiger partial charge < -0.3 is 29.7 Å². The van der Waals surface area contributed by atoms with Crippen molar-refractivity contribution in [2.24, 2.45) is 5.92 Å². The first kappa shape index (κ1) is 40.0. The fourth-order valence-electron chi connectivity index (χ4n) is 7.48. The summed E-state index contributed by atoms with van der Waals surface area (Å²) in [7, 11) is -2.35. The maximum Gasteiger partial charge on any atom is 0.262 e. The number of pyridine rings is 1. The van der Waals surface area contributed by atoms with Gasteiger partial charge in [0.25, 0.3) is 11.8 Å². The summed E-state index contributed by atoms with van der Waals surface area (Å²) < 4.78 is 46.5. The summed E-state index contributed by atoms with van der Waals surface area (Å²) in [6, 6.07) is 6.75. The van der Waals surface area contributed by atoms with Crippen LogP contribution in [0.4, 0.5) is 0 Å². The van der Waals surface area contributed by atoms with Crippen LogP contribution in [0.2, 0.25) is 0 Å². The van der Waals surface area contributed by atoms with Crippen molar-refractivity contribution in [1.82, 2.24) is 25.2 Å². The van der Waals surface area contributed by atoms with E-state index in [2.05, 4.69) is 36.3 Å². The molecule has 4 heterocycles. The van der Waals surface area contributed by atoms with Gasteiger partial charge >= 0.3 is 0 Å². The van der Waals surface area contributed by atoms with Gasteiger partial charge in [0, 0.05) is 28.7 Å². The number of hydrogen-bond acceptors (Lipinski definition) is 11. The Bertz CT molecular complexity index is 2170. The van der Waals surface area contributed by atoms with Crippen molar-refractivity contribution in [2.75, 3.05) is 20.3 Å². The molecule has 0 unspecified atom stereocenters. The molecule has 4 amide bonds. The molecule has 17 heteroatoms. The van der Waals surface area contributed by atoms with E-state index in [1.54, 1.807) is 31.4 Å². The zero-order chi connectivity index (χ0) is 39.8. The summed E-state index contributed by atoms with van der Waals surface area (Å²) in [5.74, 6) is -1.39. The molecule has 4 aliphatic rings. The summed E-state index contributed by atoms with van der Waals surface area (Å²) >= 11 is 4.91. The molecule has 0 radical (unpaired) electrons. The second kappa shape index (κ2) is 16.3. The van der Waals surface area contributed by atoms with Gasteiger partial charge in [-0.25, -0.2) is 13.4 Å². The number of ether oxygens (including phenoxy) is 3. The second-order valence-corrected chi connectivity index (χ2v) is 18.8. The summed E-state index contributed by atoms with van der Waals surface area (Å²) in [6.45, 7) is 4.07. The van der Waals surface area contributed by atoms with E-state index in [1.165, 1.54) is 16.2 Å². The summed E-state index contributed by atoms with van der Waals surface area (Å²) in [4.78, 5) is 63.9. The molecular weight excluding hydrogens is 826 g/mol. The molecule has 14 nitrogen and oxygen atoms in total. The molecule has 3 N–H and O–H groups in total. The van der Waals surface area contributed by atoms with E-state index in [1.807, 2.05) is 32.1 Å². The number of nitrogens with one attached hydrogen (secondary N) is 3. The van der Waals surface area contributed by atoms with E-state index in [0.717, 1.165) is 17.7 Å². The molecule has 2 aliphatic carbocycles. The maximum atomic E-state index is 14.7. The summed E-state index contributed by atoms with van der Waals surface area (Å²) in [6.07, 6.45) is 7.61. The Morgan fingerprint density at radius 3 is 2.62 bits per heavy atom. The van der Waals surface area contributed by atoms with Gasteiger partial charge in [0.15, 0.2) is 0 Å². The fraction of sp³-hybridized carbons (Fsp3) is 0.513. The highest BCUT2D eigenvalue weighted by molar-refractivity contribution is 9.10. The SMILES string of the molecule is CCOc1cc(O[C@@H]2C[C@H]3C(=O)N[C@]4(C(=O)NS(=O)(=O)C5CC5)C[C@H]4C=CCCCCC[C@H](NC(=O)c4ccc(C)s4)C(=O)N3C2)c2ccc(OC)c(Br)c2n1. The highest BCUT2D eigenvalue weighted by atomic mass is 79.9. The Morgan fingerprint density at radius 2 is 1.91 bits per heavy atom. The molecule has 2 saturated carbocycles. The predicted molar refractivity (Wildman–Crippen MR) is 213 cm³/mol. The number of methoxy groups -OCH3 is 1. The minimum atomic E-state index is -3.90. The quantitative estimate of drug-likeness (QED) is 0.237. The monoisotopic (exact) mass is 871 g/mol. The first-order valence-electron chi connectivity index (χ1n) is 19.0. The number of aromatic nitrogens is 1. The van der Waals surface area contributed by atoms with E-state index in [-0.39, 0.29) is 25.3 Å². The molecule has 1 aromatic carbocycles. The number of fused-ring (bicyclic) bond motifs is 3. The molecule has 56 heavy (non-hydrogen) atoms. The minimum absolute atomic E-state index is 0.00883. The molecule has 3 fully saturated rings. The number of aryl methyl sites for hydroxylation is 1.